The second kappa shape index (κ2) is 6.19. The fourth-order valence-electron chi connectivity index (χ4n) is 1.85. The van der Waals surface area contributed by atoms with Gasteiger partial charge >= 0.3 is 0 Å². The van der Waals surface area contributed by atoms with E-state index in [1.54, 1.807) is 0 Å². The Balaban J connectivity index is 3.35. The highest BCUT2D eigenvalue weighted by Crippen LogP contribution is 2.28. The molecule has 122 valence electrons. The number of hydrogen-bond donors (Lipinski definition) is 1. The monoisotopic (exact) mass is 349 g/mol. The van der Waals surface area contributed by atoms with Gasteiger partial charge in [-0.1, -0.05) is 11.6 Å². The number of carbonyl (C=O) groups excluding carboxylic acids is 1. The minimum atomic E-state index is -4.32. The number of sulfonamides is 1. The summed E-state index contributed by atoms with van der Waals surface area (Å²) in [5.74, 6) is -0.499. The van der Waals surface area contributed by atoms with Gasteiger partial charge in [-0.15, -0.1) is 0 Å². The van der Waals surface area contributed by atoms with Crippen LogP contribution in [0.25, 0.3) is 0 Å². The Bertz CT molecular complexity index is 715. The van der Waals surface area contributed by atoms with Gasteiger partial charge in [-0.2, -0.15) is 4.72 Å². The van der Waals surface area contributed by atoms with Crippen molar-refractivity contribution in [2.75, 3.05) is 14.1 Å². The molecule has 10 heteroatoms. The second-order valence-electron chi connectivity index (χ2n) is 5.30. The van der Waals surface area contributed by atoms with E-state index in [0.29, 0.717) is 0 Å². The van der Waals surface area contributed by atoms with Crippen molar-refractivity contribution >= 4 is 33.2 Å². The lowest BCUT2D eigenvalue weighted by Crippen LogP contribution is -2.54. The molecule has 0 fully saturated rings. The van der Waals surface area contributed by atoms with E-state index in [1.165, 1.54) is 38.9 Å². The van der Waals surface area contributed by atoms with E-state index in [9.17, 15) is 23.3 Å². The SMILES string of the molecule is CN(C)C(=O)C(C)(C)NS(=O)(=O)c1cc(Cl)ccc1[N+](=O)[O-]. The highest BCUT2D eigenvalue weighted by molar-refractivity contribution is 7.89. The first kappa shape index (κ1) is 18.3. The zero-order valence-corrected chi connectivity index (χ0v) is 14.0. The molecule has 0 aliphatic heterocycles. The maximum Gasteiger partial charge on any atom is 0.289 e. The largest absolute Gasteiger partial charge is 0.347 e. The zero-order valence-electron chi connectivity index (χ0n) is 12.5. The molecule has 1 N–H and O–H groups in total. The van der Waals surface area contributed by atoms with E-state index in [0.717, 1.165) is 12.1 Å². The highest BCUT2D eigenvalue weighted by atomic mass is 35.5. The molecule has 0 aliphatic rings. The lowest BCUT2D eigenvalue weighted by atomic mass is 10.1. The van der Waals surface area contributed by atoms with Crippen molar-refractivity contribution in [3.63, 3.8) is 0 Å². The number of carbonyl (C=O) groups is 1. The maximum atomic E-state index is 12.4. The molecular weight excluding hydrogens is 334 g/mol. The van der Waals surface area contributed by atoms with E-state index >= 15 is 0 Å². The minimum absolute atomic E-state index is 0.0303. The van der Waals surface area contributed by atoms with Crippen LogP contribution in [0.15, 0.2) is 23.1 Å². The van der Waals surface area contributed by atoms with Gasteiger partial charge < -0.3 is 4.90 Å². The van der Waals surface area contributed by atoms with Crippen molar-refractivity contribution < 1.29 is 18.1 Å². The number of hydrogen-bond acceptors (Lipinski definition) is 5. The van der Waals surface area contributed by atoms with E-state index in [-0.39, 0.29) is 5.02 Å². The van der Waals surface area contributed by atoms with E-state index in [4.69, 9.17) is 11.6 Å². The Morgan fingerprint density at radius 3 is 2.36 bits per heavy atom. The molecule has 0 aliphatic carbocycles. The van der Waals surface area contributed by atoms with E-state index in [2.05, 4.69) is 4.72 Å². The van der Waals surface area contributed by atoms with Gasteiger partial charge in [0.1, 0.15) is 5.54 Å². The lowest BCUT2D eigenvalue weighted by molar-refractivity contribution is -0.387. The molecule has 0 aromatic heterocycles. The summed E-state index contributed by atoms with van der Waals surface area (Å²) in [6.07, 6.45) is 0. The van der Waals surface area contributed by atoms with Crippen LogP contribution in [-0.4, -0.2) is 43.8 Å². The van der Waals surface area contributed by atoms with Crippen LogP contribution in [0.4, 0.5) is 5.69 Å². The molecule has 0 saturated carbocycles. The van der Waals surface area contributed by atoms with Crippen LogP contribution in [0.3, 0.4) is 0 Å². The molecule has 1 amide bonds. The van der Waals surface area contributed by atoms with Crippen molar-refractivity contribution in [2.45, 2.75) is 24.3 Å². The Hall–Kier alpha value is -1.71. The molecule has 0 unspecified atom stereocenters. The summed E-state index contributed by atoms with van der Waals surface area (Å²) >= 11 is 5.72. The number of nitrogens with zero attached hydrogens (tertiary/aromatic N) is 2. The van der Waals surface area contributed by atoms with Crippen molar-refractivity contribution in [3.8, 4) is 0 Å². The number of benzene rings is 1. The van der Waals surface area contributed by atoms with Gasteiger partial charge in [0, 0.05) is 25.2 Å². The summed E-state index contributed by atoms with van der Waals surface area (Å²) in [5.41, 5.74) is -2.09. The average Bonchev–Trinajstić information content (AvgIpc) is 2.35. The number of nitro groups is 1. The predicted molar refractivity (Wildman–Crippen MR) is 81.2 cm³/mol. The van der Waals surface area contributed by atoms with Crippen LogP contribution >= 0.6 is 11.6 Å². The van der Waals surface area contributed by atoms with Gasteiger partial charge in [-0.05, 0) is 26.0 Å². The van der Waals surface area contributed by atoms with Crippen molar-refractivity contribution in [2.24, 2.45) is 0 Å². The Kier molecular flexibility index (Phi) is 5.16. The molecular formula is C12H16ClN3O5S. The van der Waals surface area contributed by atoms with Gasteiger partial charge in [0.25, 0.3) is 5.69 Å². The van der Waals surface area contributed by atoms with Gasteiger partial charge in [-0.25, -0.2) is 8.42 Å². The first-order valence-corrected chi connectivity index (χ1v) is 7.94. The van der Waals surface area contributed by atoms with Gasteiger partial charge in [0.15, 0.2) is 4.90 Å². The van der Waals surface area contributed by atoms with Crippen molar-refractivity contribution in [3.05, 3.63) is 33.3 Å². The Morgan fingerprint density at radius 2 is 1.91 bits per heavy atom. The van der Waals surface area contributed by atoms with Crippen LogP contribution in [0, 0.1) is 10.1 Å². The van der Waals surface area contributed by atoms with Crippen LogP contribution in [0.5, 0.6) is 0 Å². The number of likely N-dealkylation sites (N-methyl/N-ethyl adjacent to an activating group) is 1. The van der Waals surface area contributed by atoms with Crippen molar-refractivity contribution in [1.82, 2.24) is 9.62 Å². The summed E-state index contributed by atoms with van der Waals surface area (Å²) in [5, 5.41) is 11.0. The molecule has 0 saturated heterocycles. The molecule has 0 radical (unpaired) electrons. The molecule has 0 spiro atoms. The summed E-state index contributed by atoms with van der Waals surface area (Å²) < 4.78 is 27.0. The molecule has 8 nitrogen and oxygen atoms in total. The number of halogens is 1. The summed E-state index contributed by atoms with van der Waals surface area (Å²) in [7, 11) is -1.37. The number of nitrogens with one attached hydrogen (secondary N) is 1. The van der Waals surface area contributed by atoms with Crippen LogP contribution in [-0.2, 0) is 14.8 Å². The van der Waals surface area contributed by atoms with Gasteiger partial charge in [0.05, 0.1) is 4.92 Å². The Morgan fingerprint density at radius 1 is 1.36 bits per heavy atom. The molecule has 1 rings (SSSR count). The van der Waals surface area contributed by atoms with Crippen LogP contribution in [0.1, 0.15) is 13.8 Å². The smallest absolute Gasteiger partial charge is 0.289 e. The third-order valence-corrected chi connectivity index (χ3v) is 4.66. The fourth-order valence-corrected chi connectivity index (χ4v) is 3.65. The maximum absolute atomic E-state index is 12.4. The van der Waals surface area contributed by atoms with Gasteiger partial charge in [0.2, 0.25) is 15.9 Å². The molecule has 1 aromatic rings. The van der Waals surface area contributed by atoms with E-state index < -0.39 is 37.0 Å². The third kappa shape index (κ3) is 3.93. The highest BCUT2D eigenvalue weighted by Gasteiger charge is 2.37. The number of rotatable bonds is 5. The third-order valence-electron chi connectivity index (χ3n) is 2.74. The van der Waals surface area contributed by atoms with Gasteiger partial charge in [-0.3, -0.25) is 14.9 Å². The van der Waals surface area contributed by atoms with Crippen molar-refractivity contribution in [1.29, 1.82) is 0 Å². The first-order chi connectivity index (χ1) is 9.88. The van der Waals surface area contributed by atoms with E-state index in [1.807, 2.05) is 0 Å². The summed E-state index contributed by atoms with van der Waals surface area (Å²) in [6.45, 7) is 2.73. The number of nitro benzene ring substituents is 1. The fraction of sp³-hybridized carbons (Fsp3) is 0.417. The first-order valence-electron chi connectivity index (χ1n) is 6.08. The molecule has 0 bridgehead atoms. The molecule has 0 heterocycles. The standard InChI is InChI=1S/C12H16ClN3O5S/c1-12(2,11(17)15(3)4)14-22(20,21)10-7-8(13)5-6-9(10)16(18)19/h5-7,14H,1-4H3. The Labute approximate surface area is 133 Å². The average molecular weight is 350 g/mol. The summed E-state index contributed by atoms with van der Waals surface area (Å²) in [4.78, 5) is 22.8. The quantitative estimate of drug-likeness (QED) is 0.638. The lowest BCUT2D eigenvalue weighted by Gasteiger charge is -2.27. The minimum Gasteiger partial charge on any atom is -0.347 e. The molecule has 1 aromatic carbocycles. The molecule has 22 heavy (non-hydrogen) atoms. The molecule has 0 atom stereocenters. The normalized spacial score (nSPS) is 12.0. The second-order valence-corrected chi connectivity index (χ2v) is 7.39. The predicted octanol–water partition coefficient (Wildman–Crippen LogP) is 1.39. The summed E-state index contributed by atoms with van der Waals surface area (Å²) in [6, 6.07) is 3.19. The number of amides is 1. The van der Waals surface area contributed by atoms with Crippen LogP contribution in [0.2, 0.25) is 5.02 Å². The van der Waals surface area contributed by atoms with Crippen LogP contribution < -0.4 is 4.72 Å². The topological polar surface area (TPSA) is 110 Å². The zero-order chi connectivity index (χ0) is 17.3.